The number of hydrogen-bond donors (Lipinski definition) is 0. The van der Waals surface area contributed by atoms with Gasteiger partial charge in [0.15, 0.2) is 0 Å². The number of piperidine rings is 1. The van der Waals surface area contributed by atoms with Gasteiger partial charge in [-0.25, -0.2) is 4.98 Å². The Balaban J connectivity index is 1.09. The molecule has 6 heteroatoms. The number of hydrogen-bond acceptors (Lipinski definition) is 4. The highest BCUT2D eigenvalue weighted by atomic mass is 16.2. The number of carbonyl (C=O) groups excluding carboxylic acids is 1. The summed E-state index contributed by atoms with van der Waals surface area (Å²) >= 11 is 0. The SMILES string of the molecule is O=C(CCn1ccc2ccccc21)N1CCCC(CN2CCN(c3ccccn3)CC2)C1. The van der Waals surface area contributed by atoms with E-state index >= 15 is 0 Å². The Labute approximate surface area is 190 Å². The van der Waals surface area contributed by atoms with Crippen LogP contribution in [0, 0.1) is 5.92 Å². The lowest BCUT2D eigenvalue weighted by Crippen LogP contribution is -2.50. The molecule has 0 saturated carbocycles. The van der Waals surface area contributed by atoms with Gasteiger partial charge in [-0.3, -0.25) is 9.69 Å². The number of piperazine rings is 1. The average molecular weight is 432 g/mol. The van der Waals surface area contributed by atoms with Gasteiger partial charge in [0.05, 0.1) is 0 Å². The molecule has 0 aliphatic carbocycles. The molecule has 0 spiro atoms. The van der Waals surface area contributed by atoms with Crippen LogP contribution < -0.4 is 4.90 Å². The molecule has 2 aliphatic heterocycles. The monoisotopic (exact) mass is 431 g/mol. The predicted octanol–water partition coefficient (Wildman–Crippen LogP) is 3.49. The summed E-state index contributed by atoms with van der Waals surface area (Å²) in [6.45, 7) is 7.86. The summed E-state index contributed by atoms with van der Waals surface area (Å²) in [5.74, 6) is 1.96. The van der Waals surface area contributed by atoms with E-state index in [0.717, 1.165) is 64.6 Å². The van der Waals surface area contributed by atoms with Gasteiger partial charge in [-0.2, -0.15) is 0 Å². The Kier molecular flexibility index (Phi) is 6.39. The number of nitrogens with zero attached hydrogens (tertiary/aromatic N) is 5. The van der Waals surface area contributed by atoms with Crippen LogP contribution in [-0.4, -0.2) is 71.1 Å². The van der Waals surface area contributed by atoms with Crippen molar-refractivity contribution in [1.82, 2.24) is 19.4 Å². The highest BCUT2D eigenvalue weighted by molar-refractivity contribution is 5.80. The molecule has 5 rings (SSSR count). The Morgan fingerprint density at radius 3 is 2.66 bits per heavy atom. The first kappa shape index (κ1) is 21.0. The van der Waals surface area contributed by atoms with Gasteiger partial charge in [0, 0.05) is 76.7 Å². The van der Waals surface area contributed by atoms with Gasteiger partial charge in [0.25, 0.3) is 0 Å². The molecule has 1 atom stereocenters. The maximum atomic E-state index is 13.0. The standard InChI is InChI=1S/C26H33N5O/c32-26(11-15-29-14-10-23-7-1-2-8-24(23)29)31-13-5-6-22(21-31)20-28-16-18-30(19-17-28)25-9-3-4-12-27-25/h1-4,7-10,12,14,22H,5-6,11,13,15-21H2. The number of pyridine rings is 1. The van der Waals surface area contributed by atoms with Gasteiger partial charge in [0.1, 0.15) is 5.82 Å². The number of carbonyl (C=O) groups is 1. The fourth-order valence-corrected chi connectivity index (χ4v) is 5.22. The number of aryl methyl sites for hydroxylation is 1. The molecular formula is C26H33N5O. The Bertz CT molecular complexity index is 1020. The zero-order chi connectivity index (χ0) is 21.8. The van der Waals surface area contributed by atoms with Crippen molar-refractivity contribution < 1.29 is 4.79 Å². The van der Waals surface area contributed by atoms with E-state index < -0.39 is 0 Å². The number of anilines is 1. The second-order valence-corrected chi connectivity index (χ2v) is 9.14. The third-order valence-electron chi connectivity index (χ3n) is 6.98. The number of fused-ring (bicyclic) bond motifs is 1. The summed E-state index contributed by atoms with van der Waals surface area (Å²) in [7, 11) is 0. The third-order valence-corrected chi connectivity index (χ3v) is 6.98. The lowest BCUT2D eigenvalue weighted by Gasteiger charge is -2.39. The van der Waals surface area contributed by atoms with E-state index in [1.165, 1.54) is 17.3 Å². The van der Waals surface area contributed by atoms with E-state index in [9.17, 15) is 4.79 Å². The number of benzene rings is 1. The van der Waals surface area contributed by atoms with Crippen LogP contribution in [0.2, 0.25) is 0 Å². The Hall–Kier alpha value is -2.86. The summed E-state index contributed by atoms with van der Waals surface area (Å²) in [5.41, 5.74) is 1.21. The van der Waals surface area contributed by atoms with E-state index in [1.54, 1.807) is 0 Å². The highest BCUT2D eigenvalue weighted by Crippen LogP contribution is 2.21. The first-order valence-electron chi connectivity index (χ1n) is 12.0. The minimum Gasteiger partial charge on any atom is -0.354 e. The van der Waals surface area contributed by atoms with Crippen molar-refractivity contribution in [3.63, 3.8) is 0 Å². The van der Waals surface area contributed by atoms with Gasteiger partial charge in [-0.1, -0.05) is 24.3 Å². The van der Waals surface area contributed by atoms with Gasteiger partial charge in [-0.15, -0.1) is 0 Å². The predicted molar refractivity (Wildman–Crippen MR) is 129 cm³/mol. The van der Waals surface area contributed by atoms with E-state index in [0.29, 0.717) is 18.2 Å². The molecule has 3 aromatic rings. The summed E-state index contributed by atoms with van der Waals surface area (Å²) in [6.07, 6.45) is 6.90. The molecular weight excluding hydrogens is 398 g/mol. The van der Waals surface area contributed by atoms with E-state index in [4.69, 9.17) is 0 Å². The average Bonchev–Trinajstić information content (AvgIpc) is 3.27. The van der Waals surface area contributed by atoms with Gasteiger partial charge >= 0.3 is 0 Å². The number of likely N-dealkylation sites (tertiary alicyclic amines) is 1. The van der Waals surface area contributed by atoms with Crippen molar-refractivity contribution >= 4 is 22.6 Å². The van der Waals surface area contributed by atoms with Crippen LogP contribution in [0.1, 0.15) is 19.3 Å². The second kappa shape index (κ2) is 9.74. The molecule has 1 aromatic carbocycles. The second-order valence-electron chi connectivity index (χ2n) is 9.14. The van der Waals surface area contributed by atoms with Crippen molar-refractivity contribution in [1.29, 1.82) is 0 Å². The summed E-state index contributed by atoms with van der Waals surface area (Å²) < 4.78 is 2.20. The van der Waals surface area contributed by atoms with Gasteiger partial charge in [0.2, 0.25) is 5.91 Å². The summed E-state index contributed by atoms with van der Waals surface area (Å²) in [5, 5.41) is 1.24. The number of rotatable bonds is 6. The molecule has 1 amide bonds. The molecule has 6 nitrogen and oxygen atoms in total. The van der Waals surface area contributed by atoms with Crippen LogP contribution in [0.25, 0.3) is 10.9 Å². The molecule has 0 N–H and O–H groups in total. The Morgan fingerprint density at radius 2 is 1.81 bits per heavy atom. The first-order valence-corrected chi connectivity index (χ1v) is 12.0. The van der Waals surface area contributed by atoms with Crippen molar-refractivity contribution in [2.75, 3.05) is 50.7 Å². The Morgan fingerprint density at radius 1 is 0.969 bits per heavy atom. The number of amides is 1. The number of aromatic nitrogens is 2. The fraction of sp³-hybridized carbons (Fsp3) is 0.462. The minimum atomic E-state index is 0.299. The van der Waals surface area contributed by atoms with Gasteiger partial charge < -0.3 is 14.4 Å². The van der Waals surface area contributed by atoms with Crippen molar-refractivity contribution in [2.24, 2.45) is 5.92 Å². The fourth-order valence-electron chi connectivity index (χ4n) is 5.22. The molecule has 0 radical (unpaired) electrons. The first-order chi connectivity index (χ1) is 15.8. The quantitative estimate of drug-likeness (QED) is 0.599. The van der Waals surface area contributed by atoms with Crippen LogP contribution in [-0.2, 0) is 11.3 Å². The minimum absolute atomic E-state index is 0.299. The van der Waals surface area contributed by atoms with Crippen LogP contribution in [0.4, 0.5) is 5.82 Å². The summed E-state index contributed by atoms with van der Waals surface area (Å²) in [4.78, 5) is 24.5. The molecule has 2 fully saturated rings. The van der Waals surface area contributed by atoms with E-state index in [2.05, 4.69) is 72.9 Å². The van der Waals surface area contributed by atoms with E-state index in [-0.39, 0.29) is 0 Å². The molecule has 4 heterocycles. The maximum absolute atomic E-state index is 13.0. The van der Waals surface area contributed by atoms with Gasteiger partial charge in [-0.05, 0) is 48.4 Å². The topological polar surface area (TPSA) is 44.6 Å². The molecule has 32 heavy (non-hydrogen) atoms. The van der Waals surface area contributed by atoms with Crippen LogP contribution in [0.15, 0.2) is 60.9 Å². The highest BCUT2D eigenvalue weighted by Gasteiger charge is 2.26. The molecule has 2 saturated heterocycles. The van der Waals surface area contributed by atoms with Crippen LogP contribution in [0.3, 0.4) is 0 Å². The molecule has 168 valence electrons. The van der Waals surface area contributed by atoms with Crippen molar-refractivity contribution in [3.05, 3.63) is 60.9 Å². The molecule has 0 bridgehead atoms. The normalized spacial score (nSPS) is 20.1. The lowest BCUT2D eigenvalue weighted by molar-refractivity contribution is -0.133. The smallest absolute Gasteiger partial charge is 0.224 e. The summed E-state index contributed by atoms with van der Waals surface area (Å²) in [6, 6.07) is 16.6. The molecule has 2 aromatic heterocycles. The maximum Gasteiger partial charge on any atom is 0.224 e. The van der Waals surface area contributed by atoms with E-state index in [1.807, 2.05) is 12.3 Å². The number of para-hydroxylation sites is 1. The molecule has 1 unspecified atom stereocenters. The molecule has 2 aliphatic rings. The van der Waals surface area contributed by atoms with Crippen LogP contribution in [0.5, 0.6) is 0 Å². The zero-order valence-electron chi connectivity index (χ0n) is 18.8. The van der Waals surface area contributed by atoms with Crippen LogP contribution >= 0.6 is 0 Å². The zero-order valence-corrected chi connectivity index (χ0v) is 18.8. The third kappa shape index (κ3) is 4.80. The van der Waals surface area contributed by atoms with Crippen molar-refractivity contribution in [3.8, 4) is 0 Å². The van der Waals surface area contributed by atoms with Crippen molar-refractivity contribution in [2.45, 2.75) is 25.8 Å². The largest absolute Gasteiger partial charge is 0.354 e. The lowest BCUT2D eigenvalue weighted by atomic mass is 9.96.